The average Bonchev–Trinajstić information content (AvgIpc) is 3.70. The average molecular weight is 697 g/mol. The van der Waals surface area contributed by atoms with Crippen molar-refractivity contribution in [3.05, 3.63) is 182 Å². The molecule has 9 aromatic rings. The van der Waals surface area contributed by atoms with Gasteiger partial charge in [-0.1, -0.05) is 109 Å². The number of aromatic nitrogens is 5. The monoisotopic (exact) mass is 696 g/mol. The Morgan fingerprint density at radius 3 is 1.41 bits per heavy atom. The van der Waals surface area contributed by atoms with Gasteiger partial charge >= 0.3 is 0 Å². The lowest BCUT2D eigenvalue weighted by Gasteiger charge is -2.23. The zero-order chi connectivity index (χ0) is 36.2. The summed E-state index contributed by atoms with van der Waals surface area (Å²) in [5.41, 5.74) is 10.5. The maximum absolute atomic E-state index is 15.2. The highest BCUT2D eigenvalue weighted by molar-refractivity contribution is 6.37. The molecule has 0 atom stereocenters. The van der Waals surface area contributed by atoms with Crippen LogP contribution in [0.2, 0.25) is 0 Å². The fourth-order valence-corrected chi connectivity index (χ4v) is 7.68. The van der Waals surface area contributed by atoms with Crippen LogP contribution in [0.3, 0.4) is 0 Å². The molecule has 0 aliphatic carbocycles. The van der Waals surface area contributed by atoms with Crippen LogP contribution in [0.1, 0.15) is 20.7 Å². The smallest absolute Gasteiger partial charge is 0.268 e. The SMILES string of the molecule is O=C1c2cccc(-n3c4cc(-c5cncnc5)ccc4c4ccc(-c5cncnc5)cc43)c2C(=O)N1c1c(-c2ccccc2)cccc1-c1ccccc1. The van der Waals surface area contributed by atoms with Crippen LogP contribution in [0.15, 0.2) is 171 Å². The Kier molecular flexibility index (Phi) is 7.26. The molecule has 1 aliphatic rings. The first kappa shape index (κ1) is 31.2. The van der Waals surface area contributed by atoms with Crippen LogP contribution in [-0.2, 0) is 0 Å². The highest BCUT2D eigenvalue weighted by atomic mass is 16.2. The van der Waals surface area contributed by atoms with Gasteiger partial charge in [0, 0.05) is 57.8 Å². The number of hydrogen-bond acceptors (Lipinski definition) is 6. The molecule has 2 amide bonds. The first-order valence-corrected chi connectivity index (χ1v) is 17.5. The van der Waals surface area contributed by atoms with E-state index in [-0.39, 0.29) is 11.8 Å². The van der Waals surface area contributed by atoms with E-state index < -0.39 is 0 Å². The van der Waals surface area contributed by atoms with Gasteiger partial charge < -0.3 is 4.57 Å². The zero-order valence-corrected chi connectivity index (χ0v) is 28.7. The Balaban J connectivity index is 1.23. The van der Waals surface area contributed by atoms with Crippen LogP contribution < -0.4 is 4.90 Å². The molecular weight excluding hydrogens is 669 g/mol. The van der Waals surface area contributed by atoms with Gasteiger partial charge in [-0.15, -0.1) is 0 Å². The molecule has 0 fully saturated rings. The van der Waals surface area contributed by atoms with Crippen LogP contribution in [0.5, 0.6) is 0 Å². The van der Waals surface area contributed by atoms with E-state index in [1.165, 1.54) is 17.6 Å². The number of rotatable bonds is 6. The first-order chi connectivity index (χ1) is 26.7. The minimum absolute atomic E-state index is 0.338. The van der Waals surface area contributed by atoms with Crippen LogP contribution in [0.4, 0.5) is 5.69 Å². The first-order valence-electron chi connectivity index (χ1n) is 17.5. The van der Waals surface area contributed by atoms with E-state index in [1.54, 1.807) is 30.9 Å². The van der Waals surface area contributed by atoms with E-state index in [1.807, 2.05) is 91.0 Å². The number of carbonyl (C=O) groups is 2. The van der Waals surface area contributed by atoms with Crippen molar-refractivity contribution < 1.29 is 9.59 Å². The number of benzene rings is 6. The summed E-state index contributed by atoms with van der Waals surface area (Å²) in [4.78, 5) is 48.3. The topological polar surface area (TPSA) is 93.9 Å². The maximum Gasteiger partial charge on any atom is 0.268 e. The van der Waals surface area contributed by atoms with Crippen molar-refractivity contribution in [2.24, 2.45) is 0 Å². The molecule has 8 nitrogen and oxygen atoms in total. The Morgan fingerprint density at radius 1 is 0.407 bits per heavy atom. The molecular formula is C46H28N6O2. The Morgan fingerprint density at radius 2 is 0.889 bits per heavy atom. The Labute approximate surface area is 309 Å². The molecule has 54 heavy (non-hydrogen) atoms. The van der Waals surface area contributed by atoms with Crippen LogP contribution in [-0.4, -0.2) is 36.3 Å². The molecule has 0 unspecified atom stereocenters. The van der Waals surface area contributed by atoms with Gasteiger partial charge in [0.2, 0.25) is 0 Å². The second-order valence-corrected chi connectivity index (χ2v) is 13.1. The summed E-state index contributed by atoms with van der Waals surface area (Å²) in [7, 11) is 0. The standard InChI is InChI=1S/C46H28N6O2/c53-45-39-15-8-16-40(43(39)46(54)52(45)44-35(29-9-3-1-4-10-29)13-7-14-36(44)30-11-5-2-6-12-30)51-41-21-31(33-23-47-27-48-24-33)17-19-37(41)38-20-18-32(22-42(38)51)34-25-49-28-50-26-34/h1-28H. The maximum atomic E-state index is 15.2. The molecule has 0 N–H and O–H groups in total. The molecule has 6 aromatic carbocycles. The summed E-state index contributed by atoms with van der Waals surface area (Å²) < 4.78 is 2.10. The second-order valence-electron chi connectivity index (χ2n) is 13.1. The number of anilines is 1. The number of fused-ring (bicyclic) bond motifs is 4. The second kappa shape index (κ2) is 12.6. The number of hydrogen-bond donors (Lipinski definition) is 0. The van der Waals surface area contributed by atoms with Gasteiger partial charge in [0.25, 0.3) is 11.8 Å². The van der Waals surface area contributed by atoms with Gasteiger partial charge in [-0.3, -0.25) is 9.59 Å². The molecule has 10 rings (SSSR count). The fraction of sp³-hybridized carbons (Fsp3) is 0. The lowest BCUT2D eigenvalue weighted by Crippen LogP contribution is -2.30. The van der Waals surface area contributed by atoms with Crippen molar-refractivity contribution in [2.75, 3.05) is 4.90 Å². The largest absolute Gasteiger partial charge is 0.308 e. The predicted octanol–water partition coefficient (Wildman–Crippen LogP) is 9.83. The highest BCUT2D eigenvalue weighted by Gasteiger charge is 2.41. The van der Waals surface area contributed by atoms with E-state index in [0.717, 1.165) is 66.3 Å². The summed E-state index contributed by atoms with van der Waals surface area (Å²) in [6, 6.07) is 43.7. The van der Waals surface area contributed by atoms with Gasteiger partial charge in [0.1, 0.15) is 12.7 Å². The molecule has 0 saturated heterocycles. The summed E-state index contributed by atoms with van der Waals surface area (Å²) in [6.07, 6.45) is 10.1. The summed E-state index contributed by atoms with van der Waals surface area (Å²) in [5, 5.41) is 1.99. The molecule has 0 radical (unpaired) electrons. The van der Waals surface area contributed by atoms with Crippen molar-refractivity contribution in [3.8, 4) is 50.2 Å². The molecule has 254 valence electrons. The third kappa shape index (κ3) is 4.92. The molecule has 0 spiro atoms. The predicted molar refractivity (Wildman–Crippen MR) is 211 cm³/mol. The van der Waals surface area contributed by atoms with Gasteiger partial charge in [-0.25, -0.2) is 24.8 Å². The molecule has 1 aliphatic heterocycles. The van der Waals surface area contributed by atoms with Crippen LogP contribution in [0, 0.1) is 0 Å². The van der Waals surface area contributed by atoms with E-state index in [4.69, 9.17) is 0 Å². The highest BCUT2D eigenvalue weighted by Crippen LogP contribution is 2.45. The number of carbonyl (C=O) groups excluding carboxylic acids is 2. The quantitative estimate of drug-likeness (QED) is 0.161. The minimum atomic E-state index is -0.388. The van der Waals surface area contributed by atoms with Crippen molar-refractivity contribution in [1.82, 2.24) is 24.5 Å². The summed E-state index contributed by atoms with van der Waals surface area (Å²) in [6.45, 7) is 0. The molecule has 0 saturated carbocycles. The zero-order valence-electron chi connectivity index (χ0n) is 28.7. The molecule has 8 heteroatoms. The number of imide groups is 1. The fourth-order valence-electron chi connectivity index (χ4n) is 7.68. The summed E-state index contributed by atoms with van der Waals surface area (Å²) >= 11 is 0. The van der Waals surface area contributed by atoms with E-state index >= 15 is 4.79 Å². The van der Waals surface area contributed by atoms with Gasteiger partial charge in [0.15, 0.2) is 0 Å². The third-order valence-corrected chi connectivity index (χ3v) is 10.1. The van der Waals surface area contributed by atoms with Crippen molar-refractivity contribution in [2.45, 2.75) is 0 Å². The lowest BCUT2D eigenvalue weighted by atomic mass is 9.95. The van der Waals surface area contributed by atoms with E-state index in [0.29, 0.717) is 22.5 Å². The Hall–Kier alpha value is -7.58. The summed E-state index contributed by atoms with van der Waals surface area (Å²) in [5.74, 6) is -0.760. The van der Waals surface area contributed by atoms with Crippen molar-refractivity contribution in [3.63, 3.8) is 0 Å². The number of nitrogens with zero attached hydrogens (tertiary/aromatic N) is 6. The lowest BCUT2D eigenvalue weighted by molar-refractivity contribution is 0.0926. The number of para-hydroxylation sites is 1. The third-order valence-electron chi connectivity index (χ3n) is 10.1. The number of amides is 2. The van der Waals surface area contributed by atoms with Crippen molar-refractivity contribution >= 4 is 39.3 Å². The van der Waals surface area contributed by atoms with Crippen LogP contribution >= 0.6 is 0 Å². The van der Waals surface area contributed by atoms with E-state index in [9.17, 15) is 4.79 Å². The molecule has 3 aromatic heterocycles. The molecule has 4 heterocycles. The van der Waals surface area contributed by atoms with Gasteiger partial charge in [-0.05, 0) is 46.5 Å². The normalized spacial score (nSPS) is 12.5. The minimum Gasteiger partial charge on any atom is -0.308 e. The van der Waals surface area contributed by atoms with Crippen LogP contribution in [0.25, 0.3) is 72.0 Å². The van der Waals surface area contributed by atoms with Gasteiger partial charge in [0.05, 0.1) is 33.5 Å². The van der Waals surface area contributed by atoms with E-state index in [2.05, 4.69) is 60.9 Å². The van der Waals surface area contributed by atoms with Crippen molar-refractivity contribution in [1.29, 1.82) is 0 Å². The van der Waals surface area contributed by atoms with Gasteiger partial charge in [-0.2, -0.15) is 0 Å². The Bertz CT molecular complexity index is 2760. The molecule has 0 bridgehead atoms.